The van der Waals surface area contributed by atoms with Crippen molar-refractivity contribution >= 4 is 11.3 Å². The fourth-order valence-corrected chi connectivity index (χ4v) is 2.33. The van der Waals surface area contributed by atoms with Gasteiger partial charge in [-0.1, -0.05) is 12.1 Å². The molecule has 3 heteroatoms. The molecule has 1 aromatic carbocycles. The molecule has 15 heavy (non-hydrogen) atoms. The molecule has 2 aromatic rings. The van der Waals surface area contributed by atoms with Gasteiger partial charge in [-0.2, -0.15) is 0 Å². The second-order valence-electron chi connectivity index (χ2n) is 3.41. The fourth-order valence-electron chi connectivity index (χ4n) is 1.44. The van der Waals surface area contributed by atoms with Crippen molar-refractivity contribution in [2.45, 2.75) is 13.0 Å². The van der Waals surface area contributed by atoms with Crippen LogP contribution in [-0.2, 0) is 0 Å². The number of rotatable bonds is 2. The van der Waals surface area contributed by atoms with Crippen molar-refractivity contribution in [3.05, 3.63) is 57.5 Å². The van der Waals surface area contributed by atoms with Crippen LogP contribution >= 0.6 is 11.3 Å². The molecule has 0 aliphatic carbocycles. The van der Waals surface area contributed by atoms with Gasteiger partial charge in [0.05, 0.1) is 0 Å². The molecular weight excluding hydrogens is 211 g/mol. The molecule has 0 unspecified atom stereocenters. The van der Waals surface area contributed by atoms with Crippen LogP contribution in [0.25, 0.3) is 0 Å². The van der Waals surface area contributed by atoms with Crippen molar-refractivity contribution in [2.75, 3.05) is 0 Å². The Labute approximate surface area is 91.8 Å². The Morgan fingerprint density at radius 3 is 2.67 bits per heavy atom. The summed E-state index contributed by atoms with van der Waals surface area (Å²) in [4.78, 5) is 1.98. The number of aliphatic hydroxyl groups excluding tert-OH is 1. The molecule has 0 aliphatic heterocycles. The molecule has 0 radical (unpaired) electrons. The molecule has 1 atom stereocenters. The molecule has 0 spiro atoms. The first-order chi connectivity index (χ1) is 7.16. The molecule has 0 saturated carbocycles. The third-order valence-corrected chi connectivity index (χ3v) is 3.25. The van der Waals surface area contributed by atoms with E-state index < -0.39 is 6.10 Å². The third-order valence-electron chi connectivity index (χ3n) is 2.20. The van der Waals surface area contributed by atoms with Gasteiger partial charge >= 0.3 is 0 Å². The lowest BCUT2D eigenvalue weighted by Crippen LogP contribution is -1.97. The van der Waals surface area contributed by atoms with Gasteiger partial charge in [0.1, 0.15) is 11.9 Å². The maximum absolute atomic E-state index is 12.9. The summed E-state index contributed by atoms with van der Waals surface area (Å²) in [5, 5.41) is 9.97. The molecular formula is C12H11FOS. The minimum atomic E-state index is -0.723. The normalized spacial score (nSPS) is 12.7. The van der Waals surface area contributed by atoms with Crippen molar-refractivity contribution in [3.8, 4) is 0 Å². The van der Waals surface area contributed by atoms with Gasteiger partial charge in [-0.25, -0.2) is 4.39 Å². The fraction of sp³-hybridized carbons (Fsp3) is 0.167. The highest BCUT2D eigenvalue weighted by molar-refractivity contribution is 7.12. The highest BCUT2D eigenvalue weighted by Gasteiger charge is 2.12. The van der Waals surface area contributed by atoms with Gasteiger partial charge in [0.2, 0.25) is 0 Å². The van der Waals surface area contributed by atoms with E-state index in [-0.39, 0.29) is 5.82 Å². The standard InChI is InChI=1S/C12H11FOS/c1-8-5-6-11(15-8)12(14)9-3-2-4-10(13)7-9/h2-7,12,14H,1H3/t12-/m0/s1. The topological polar surface area (TPSA) is 20.2 Å². The summed E-state index contributed by atoms with van der Waals surface area (Å²) in [7, 11) is 0. The van der Waals surface area contributed by atoms with Crippen LogP contribution in [0.1, 0.15) is 21.4 Å². The monoisotopic (exact) mass is 222 g/mol. The minimum absolute atomic E-state index is 0.320. The maximum Gasteiger partial charge on any atom is 0.123 e. The Morgan fingerprint density at radius 1 is 1.27 bits per heavy atom. The van der Waals surface area contributed by atoms with Crippen LogP contribution < -0.4 is 0 Å². The largest absolute Gasteiger partial charge is 0.383 e. The van der Waals surface area contributed by atoms with Crippen LogP contribution in [-0.4, -0.2) is 5.11 Å². The Morgan fingerprint density at radius 2 is 2.07 bits per heavy atom. The van der Waals surface area contributed by atoms with E-state index in [1.807, 2.05) is 19.1 Å². The molecule has 0 fully saturated rings. The summed E-state index contributed by atoms with van der Waals surface area (Å²) in [6, 6.07) is 9.88. The van der Waals surface area contributed by atoms with Crippen LogP contribution in [0.2, 0.25) is 0 Å². The van der Waals surface area contributed by atoms with Gasteiger partial charge in [0.15, 0.2) is 0 Å². The lowest BCUT2D eigenvalue weighted by molar-refractivity contribution is 0.223. The zero-order chi connectivity index (χ0) is 10.8. The minimum Gasteiger partial charge on any atom is -0.383 e. The lowest BCUT2D eigenvalue weighted by Gasteiger charge is -2.08. The predicted molar refractivity (Wildman–Crippen MR) is 59.5 cm³/mol. The van der Waals surface area contributed by atoms with E-state index in [1.165, 1.54) is 23.5 Å². The van der Waals surface area contributed by atoms with Crippen molar-refractivity contribution in [1.29, 1.82) is 0 Å². The molecule has 0 bridgehead atoms. The van der Waals surface area contributed by atoms with Crippen molar-refractivity contribution in [1.82, 2.24) is 0 Å². The van der Waals surface area contributed by atoms with Crippen molar-refractivity contribution in [2.24, 2.45) is 0 Å². The molecule has 1 aromatic heterocycles. The van der Waals surface area contributed by atoms with Crippen LogP contribution in [0.4, 0.5) is 4.39 Å². The van der Waals surface area contributed by atoms with Gasteiger partial charge in [0, 0.05) is 9.75 Å². The number of halogens is 1. The summed E-state index contributed by atoms with van der Waals surface area (Å²) < 4.78 is 12.9. The number of aryl methyl sites for hydroxylation is 1. The van der Waals surface area contributed by atoms with Gasteiger partial charge in [0.25, 0.3) is 0 Å². The summed E-state index contributed by atoms with van der Waals surface area (Å²) >= 11 is 1.52. The third kappa shape index (κ3) is 2.25. The molecule has 78 valence electrons. The zero-order valence-corrected chi connectivity index (χ0v) is 9.09. The van der Waals surface area contributed by atoms with Gasteiger partial charge in [-0.15, -0.1) is 11.3 Å². The van der Waals surface area contributed by atoms with Crippen LogP contribution in [0.3, 0.4) is 0 Å². The van der Waals surface area contributed by atoms with E-state index in [0.29, 0.717) is 5.56 Å². The summed E-state index contributed by atoms with van der Waals surface area (Å²) in [6.07, 6.45) is -0.723. The van der Waals surface area contributed by atoms with E-state index in [2.05, 4.69) is 0 Å². The first kappa shape index (κ1) is 10.3. The molecule has 0 saturated heterocycles. The quantitative estimate of drug-likeness (QED) is 0.826. The van der Waals surface area contributed by atoms with E-state index in [0.717, 1.165) is 9.75 Å². The number of benzene rings is 1. The van der Waals surface area contributed by atoms with Crippen LogP contribution in [0.15, 0.2) is 36.4 Å². The highest BCUT2D eigenvalue weighted by atomic mass is 32.1. The Kier molecular flexibility index (Phi) is 2.84. The van der Waals surface area contributed by atoms with Gasteiger partial charge in [-0.05, 0) is 36.8 Å². The summed E-state index contributed by atoms with van der Waals surface area (Å²) in [6.45, 7) is 1.98. The number of hydrogen-bond acceptors (Lipinski definition) is 2. The highest BCUT2D eigenvalue weighted by Crippen LogP contribution is 2.28. The van der Waals surface area contributed by atoms with E-state index in [4.69, 9.17) is 0 Å². The van der Waals surface area contributed by atoms with E-state index in [1.54, 1.807) is 12.1 Å². The first-order valence-electron chi connectivity index (χ1n) is 4.66. The average molecular weight is 222 g/mol. The van der Waals surface area contributed by atoms with Crippen LogP contribution in [0.5, 0.6) is 0 Å². The Balaban J connectivity index is 2.32. The van der Waals surface area contributed by atoms with E-state index >= 15 is 0 Å². The molecule has 1 nitrogen and oxygen atoms in total. The molecule has 1 heterocycles. The van der Waals surface area contributed by atoms with Crippen molar-refractivity contribution in [3.63, 3.8) is 0 Å². The average Bonchev–Trinajstić information content (AvgIpc) is 2.64. The molecule has 1 N–H and O–H groups in total. The number of hydrogen-bond donors (Lipinski definition) is 1. The zero-order valence-electron chi connectivity index (χ0n) is 8.27. The number of thiophene rings is 1. The lowest BCUT2D eigenvalue weighted by atomic mass is 10.1. The predicted octanol–water partition coefficient (Wildman–Crippen LogP) is 3.28. The first-order valence-corrected chi connectivity index (χ1v) is 5.48. The molecule has 2 rings (SSSR count). The van der Waals surface area contributed by atoms with Crippen molar-refractivity contribution < 1.29 is 9.50 Å². The second kappa shape index (κ2) is 4.13. The molecule has 0 amide bonds. The summed E-state index contributed by atoms with van der Waals surface area (Å²) in [5.74, 6) is -0.320. The Bertz CT molecular complexity index is 464. The second-order valence-corrected chi connectivity index (χ2v) is 4.73. The maximum atomic E-state index is 12.9. The van der Waals surface area contributed by atoms with Gasteiger partial charge in [-0.3, -0.25) is 0 Å². The smallest absolute Gasteiger partial charge is 0.123 e. The molecule has 0 aliphatic rings. The SMILES string of the molecule is Cc1ccc([C@@H](O)c2cccc(F)c2)s1. The van der Waals surface area contributed by atoms with E-state index in [9.17, 15) is 9.50 Å². The summed E-state index contributed by atoms with van der Waals surface area (Å²) in [5.41, 5.74) is 0.594. The Hall–Kier alpha value is -1.19. The van der Waals surface area contributed by atoms with Crippen LogP contribution in [0, 0.1) is 12.7 Å². The van der Waals surface area contributed by atoms with Gasteiger partial charge < -0.3 is 5.11 Å². The number of aliphatic hydroxyl groups is 1.